The second-order valence-corrected chi connectivity index (χ2v) is 10.6. The van der Waals surface area contributed by atoms with Crippen LogP contribution >= 0.6 is 11.6 Å². The zero-order valence-electron chi connectivity index (χ0n) is 18.3. The highest BCUT2D eigenvalue weighted by atomic mass is 35.5. The minimum Gasteiger partial charge on any atom is -0.313 e. The van der Waals surface area contributed by atoms with Gasteiger partial charge in [0.05, 0.1) is 10.6 Å². The predicted molar refractivity (Wildman–Crippen MR) is 134 cm³/mol. The monoisotopic (exact) mass is 476 g/mol. The Morgan fingerprint density at radius 1 is 0.909 bits per heavy atom. The Kier molecular flexibility index (Phi) is 5.87. The van der Waals surface area contributed by atoms with E-state index in [0.29, 0.717) is 5.02 Å². The van der Waals surface area contributed by atoms with Gasteiger partial charge >= 0.3 is 0 Å². The molecule has 1 atom stereocenters. The van der Waals surface area contributed by atoms with Crippen LogP contribution in [0.3, 0.4) is 0 Å². The smallest absolute Gasteiger partial charge is 0.268 e. The van der Waals surface area contributed by atoms with E-state index in [1.165, 1.54) is 10.0 Å². The number of nitrogens with one attached hydrogen (secondary N) is 1. The maximum absolute atomic E-state index is 13.8. The van der Waals surface area contributed by atoms with Gasteiger partial charge < -0.3 is 5.32 Å². The lowest BCUT2D eigenvalue weighted by Gasteiger charge is -2.22. The zero-order valence-corrected chi connectivity index (χ0v) is 19.9. The van der Waals surface area contributed by atoms with E-state index in [1.54, 1.807) is 24.4 Å². The summed E-state index contributed by atoms with van der Waals surface area (Å²) in [6.45, 7) is 0. The van der Waals surface area contributed by atoms with Crippen LogP contribution in [-0.2, 0) is 16.4 Å². The SMILES string of the molecule is CNC1CCCc2c1cn(S(=O)(=O)c1cccc(Cl)c1)c2-c1ccc(-c2ccccc2)cc1. The molecule has 0 fully saturated rings. The first-order valence-corrected chi connectivity index (χ1v) is 12.9. The molecule has 0 amide bonds. The predicted octanol–water partition coefficient (Wildman–Crippen LogP) is 6.31. The fourth-order valence-corrected chi connectivity index (χ4v) is 6.44. The van der Waals surface area contributed by atoms with Gasteiger partial charge in [0.1, 0.15) is 0 Å². The summed E-state index contributed by atoms with van der Waals surface area (Å²) < 4.78 is 29.0. The first-order chi connectivity index (χ1) is 16.0. The quantitative estimate of drug-likeness (QED) is 0.367. The number of benzene rings is 3. The molecule has 0 aliphatic heterocycles. The van der Waals surface area contributed by atoms with Gasteiger partial charge in [0.15, 0.2) is 0 Å². The first-order valence-electron chi connectivity index (χ1n) is 11.1. The molecule has 0 saturated carbocycles. The van der Waals surface area contributed by atoms with Crippen LogP contribution < -0.4 is 5.32 Å². The standard InChI is InChI=1S/C27H25ClN2O2S/c1-29-26-12-6-11-24-25(26)18-30(33(31,32)23-10-5-9-22(28)17-23)27(24)21-15-13-20(14-16-21)19-7-3-2-4-8-19/h2-5,7-10,13-18,26,29H,6,11-12H2,1H3. The number of hydrogen-bond acceptors (Lipinski definition) is 3. The van der Waals surface area contributed by atoms with Crippen molar-refractivity contribution >= 4 is 21.6 Å². The second-order valence-electron chi connectivity index (χ2n) is 8.35. The maximum atomic E-state index is 13.8. The van der Waals surface area contributed by atoms with E-state index < -0.39 is 10.0 Å². The van der Waals surface area contributed by atoms with Crippen LogP contribution in [0.5, 0.6) is 0 Å². The number of fused-ring (bicyclic) bond motifs is 1. The molecule has 4 aromatic rings. The molecule has 33 heavy (non-hydrogen) atoms. The Labute approximate surface area is 199 Å². The van der Waals surface area contributed by atoms with E-state index >= 15 is 0 Å². The molecular weight excluding hydrogens is 452 g/mol. The highest BCUT2D eigenvalue weighted by Gasteiger charge is 2.30. The van der Waals surface area contributed by atoms with Gasteiger partial charge in [0.2, 0.25) is 0 Å². The zero-order chi connectivity index (χ0) is 23.0. The summed E-state index contributed by atoms with van der Waals surface area (Å²) in [5.41, 5.74) is 6.00. The summed E-state index contributed by atoms with van der Waals surface area (Å²) in [7, 11) is -1.90. The van der Waals surface area contributed by atoms with Crippen LogP contribution in [0.25, 0.3) is 22.4 Å². The molecule has 0 bridgehead atoms. The highest BCUT2D eigenvalue weighted by Crippen LogP contribution is 2.40. The average Bonchev–Trinajstić information content (AvgIpc) is 3.25. The van der Waals surface area contributed by atoms with Crippen molar-refractivity contribution in [1.29, 1.82) is 0 Å². The third kappa shape index (κ3) is 4.01. The third-order valence-corrected chi connectivity index (χ3v) is 8.26. The lowest BCUT2D eigenvalue weighted by atomic mass is 9.88. The minimum absolute atomic E-state index is 0.131. The van der Waals surface area contributed by atoms with Crippen LogP contribution in [0.4, 0.5) is 0 Å². The Balaban J connectivity index is 1.69. The van der Waals surface area contributed by atoms with E-state index in [2.05, 4.69) is 29.6 Å². The number of hydrogen-bond donors (Lipinski definition) is 1. The number of nitrogens with zero attached hydrogens (tertiary/aromatic N) is 1. The van der Waals surface area contributed by atoms with Crippen LogP contribution in [-0.4, -0.2) is 19.4 Å². The molecule has 1 N–H and O–H groups in total. The Morgan fingerprint density at radius 3 is 2.30 bits per heavy atom. The van der Waals surface area contributed by atoms with E-state index in [9.17, 15) is 8.42 Å². The van der Waals surface area contributed by atoms with E-state index in [-0.39, 0.29) is 10.9 Å². The Hall–Kier alpha value is -2.86. The highest BCUT2D eigenvalue weighted by molar-refractivity contribution is 7.90. The third-order valence-electron chi connectivity index (χ3n) is 6.37. The van der Waals surface area contributed by atoms with Crippen molar-refractivity contribution in [3.05, 3.63) is 101 Å². The molecular formula is C27H25ClN2O2S. The molecule has 0 radical (unpaired) electrons. The van der Waals surface area contributed by atoms with Crippen LogP contribution in [0.2, 0.25) is 5.02 Å². The fourth-order valence-electron chi connectivity index (χ4n) is 4.72. The molecule has 0 saturated heterocycles. The minimum atomic E-state index is -3.82. The topological polar surface area (TPSA) is 51.1 Å². The molecule has 168 valence electrons. The van der Waals surface area contributed by atoms with E-state index in [0.717, 1.165) is 52.8 Å². The fraction of sp³-hybridized carbons (Fsp3) is 0.185. The van der Waals surface area contributed by atoms with Crippen molar-refractivity contribution < 1.29 is 8.42 Å². The summed E-state index contributed by atoms with van der Waals surface area (Å²) in [5.74, 6) is 0. The summed E-state index contributed by atoms with van der Waals surface area (Å²) in [4.78, 5) is 0.186. The lowest BCUT2D eigenvalue weighted by molar-refractivity contribution is 0.499. The van der Waals surface area contributed by atoms with Crippen molar-refractivity contribution in [2.45, 2.75) is 30.2 Å². The molecule has 0 spiro atoms. The number of aromatic nitrogens is 1. The summed E-state index contributed by atoms with van der Waals surface area (Å²) >= 11 is 6.13. The summed E-state index contributed by atoms with van der Waals surface area (Å²) in [5, 5.41) is 3.75. The molecule has 6 heteroatoms. The molecule has 1 aromatic heterocycles. The normalized spacial score (nSPS) is 15.9. The second kappa shape index (κ2) is 8.82. The van der Waals surface area contributed by atoms with Gasteiger partial charge in [-0.25, -0.2) is 12.4 Å². The molecule has 3 aromatic carbocycles. The molecule has 4 nitrogen and oxygen atoms in total. The van der Waals surface area contributed by atoms with Crippen molar-refractivity contribution in [1.82, 2.24) is 9.29 Å². The van der Waals surface area contributed by atoms with E-state index in [1.807, 2.05) is 37.4 Å². The lowest BCUT2D eigenvalue weighted by Crippen LogP contribution is -2.20. The molecule has 5 rings (SSSR count). The van der Waals surface area contributed by atoms with Gasteiger partial charge in [-0.2, -0.15) is 0 Å². The van der Waals surface area contributed by atoms with Crippen molar-refractivity contribution in [2.75, 3.05) is 7.05 Å². The van der Waals surface area contributed by atoms with Gasteiger partial charge in [0.25, 0.3) is 10.0 Å². The molecule has 1 aliphatic carbocycles. The summed E-state index contributed by atoms with van der Waals surface area (Å²) in [6.07, 6.45) is 4.64. The van der Waals surface area contributed by atoms with Gasteiger partial charge in [0, 0.05) is 17.3 Å². The molecule has 1 unspecified atom stereocenters. The van der Waals surface area contributed by atoms with Gasteiger partial charge in [-0.15, -0.1) is 0 Å². The first kappa shape index (κ1) is 22.0. The van der Waals surface area contributed by atoms with Crippen molar-refractivity contribution in [3.8, 4) is 22.4 Å². The van der Waals surface area contributed by atoms with Gasteiger partial charge in [-0.3, -0.25) is 0 Å². The van der Waals surface area contributed by atoms with E-state index in [4.69, 9.17) is 11.6 Å². The van der Waals surface area contributed by atoms with Crippen molar-refractivity contribution in [2.24, 2.45) is 0 Å². The maximum Gasteiger partial charge on any atom is 0.268 e. The summed E-state index contributed by atoms with van der Waals surface area (Å²) in [6, 6.07) is 24.9. The Morgan fingerprint density at radius 2 is 1.61 bits per heavy atom. The largest absolute Gasteiger partial charge is 0.313 e. The average molecular weight is 477 g/mol. The molecule has 1 heterocycles. The van der Waals surface area contributed by atoms with Crippen LogP contribution in [0, 0.1) is 0 Å². The Bertz CT molecular complexity index is 1390. The van der Waals surface area contributed by atoms with Gasteiger partial charge in [-0.1, -0.05) is 72.3 Å². The number of rotatable bonds is 5. The van der Waals surface area contributed by atoms with Crippen molar-refractivity contribution in [3.63, 3.8) is 0 Å². The van der Waals surface area contributed by atoms with Gasteiger partial charge in [-0.05, 0) is 72.3 Å². The van der Waals surface area contributed by atoms with Crippen LogP contribution in [0.1, 0.15) is 30.0 Å². The number of halogens is 1. The molecule has 1 aliphatic rings. The van der Waals surface area contributed by atoms with Crippen LogP contribution in [0.15, 0.2) is 90.0 Å².